The number of hydrogen-bond acceptors (Lipinski definition) is 6. The molecule has 158 valence electrons. The Morgan fingerprint density at radius 3 is 2.62 bits per heavy atom. The minimum absolute atomic E-state index is 0.188. The molecule has 2 N–H and O–H groups in total. The Hall–Kier alpha value is -4.04. The van der Waals surface area contributed by atoms with Crippen molar-refractivity contribution in [2.75, 3.05) is 5.32 Å². The van der Waals surface area contributed by atoms with Gasteiger partial charge in [-0.3, -0.25) is 15.1 Å². The molecule has 3 heterocycles. The summed E-state index contributed by atoms with van der Waals surface area (Å²) in [7, 11) is 0. The van der Waals surface area contributed by atoms with Gasteiger partial charge in [0.25, 0.3) is 5.91 Å². The molecule has 5 rings (SSSR count). The van der Waals surface area contributed by atoms with Gasteiger partial charge in [-0.25, -0.2) is 9.97 Å². The first-order valence-electron chi connectivity index (χ1n) is 10.1. The number of pyridine rings is 1. The zero-order valence-corrected chi connectivity index (χ0v) is 17.8. The van der Waals surface area contributed by atoms with Crippen LogP contribution in [0.1, 0.15) is 16.2 Å². The molecule has 7 nitrogen and oxygen atoms in total. The molecular formula is C24H19N5O2S. The minimum Gasteiger partial charge on any atom is -0.508 e. The first-order chi connectivity index (χ1) is 15.7. The Kier molecular flexibility index (Phi) is 5.35. The number of aryl methyl sites for hydroxylation is 2. The summed E-state index contributed by atoms with van der Waals surface area (Å²) in [6, 6.07) is 20.4. The highest BCUT2D eigenvalue weighted by molar-refractivity contribution is 7.13. The fourth-order valence-electron chi connectivity index (χ4n) is 3.45. The van der Waals surface area contributed by atoms with Crippen molar-refractivity contribution < 1.29 is 9.90 Å². The van der Waals surface area contributed by atoms with E-state index in [4.69, 9.17) is 0 Å². The van der Waals surface area contributed by atoms with Crippen LogP contribution in [-0.2, 0) is 13.0 Å². The summed E-state index contributed by atoms with van der Waals surface area (Å²) in [4.78, 5) is 26.4. The standard InChI is InChI=1S/C24H19N5O2S/c30-18-10-8-16(9-11-18)23-26-20(15-32-23)22(31)28-24-27-19-6-1-2-7-21(19)29(24)14-12-17-5-3-4-13-25-17/h1-11,13,15,30H,12,14H2,(H,27,28,31). The predicted molar refractivity (Wildman–Crippen MR) is 125 cm³/mol. The summed E-state index contributed by atoms with van der Waals surface area (Å²) in [6.45, 7) is 0.628. The van der Waals surface area contributed by atoms with Crippen LogP contribution in [0.15, 0.2) is 78.3 Å². The van der Waals surface area contributed by atoms with Gasteiger partial charge in [-0.15, -0.1) is 11.3 Å². The lowest BCUT2D eigenvalue weighted by molar-refractivity contribution is 0.102. The van der Waals surface area contributed by atoms with Crippen molar-refractivity contribution in [3.05, 3.63) is 89.7 Å². The molecule has 0 radical (unpaired) electrons. The fraction of sp³-hybridized carbons (Fsp3) is 0.0833. The number of anilines is 1. The number of aromatic hydroxyl groups is 1. The maximum atomic E-state index is 12.9. The van der Waals surface area contributed by atoms with Gasteiger partial charge in [0.1, 0.15) is 16.5 Å². The normalized spacial score (nSPS) is 11.0. The van der Waals surface area contributed by atoms with Crippen molar-refractivity contribution in [2.45, 2.75) is 13.0 Å². The van der Waals surface area contributed by atoms with Gasteiger partial charge in [0.15, 0.2) is 0 Å². The number of nitrogens with one attached hydrogen (secondary N) is 1. The number of nitrogens with zero attached hydrogens (tertiary/aromatic N) is 4. The third kappa shape index (κ3) is 4.08. The van der Waals surface area contributed by atoms with Crippen molar-refractivity contribution in [1.82, 2.24) is 19.5 Å². The number of phenolic OH excluding ortho intramolecular Hbond substituents is 1. The third-order valence-electron chi connectivity index (χ3n) is 5.05. The number of para-hydroxylation sites is 2. The van der Waals surface area contributed by atoms with Crippen molar-refractivity contribution in [2.24, 2.45) is 0 Å². The molecule has 0 aliphatic carbocycles. The Bertz CT molecular complexity index is 1380. The Morgan fingerprint density at radius 2 is 1.81 bits per heavy atom. The molecule has 1 amide bonds. The number of benzene rings is 2. The van der Waals surface area contributed by atoms with E-state index in [0.29, 0.717) is 29.6 Å². The van der Waals surface area contributed by atoms with E-state index in [9.17, 15) is 9.90 Å². The first-order valence-corrected chi connectivity index (χ1v) is 11.0. The number of aromatic nitrogens is 4. The number of amides is 1. The smallest absolute Gasteiger partial charge is 0.277 e. The van der Waals surface area contributed by atoms with Crippen LogP contribution in [0.5, 0.6) is 5.75 Å². The highest BCUT2D eigenvalue weighted by Gasteiger charge is 2.17. The molecule has 8 heteroatoms. The molecule has 2 aromatic carbocycles. The van der Waals surface area contributed by atoms with E-state index >= 15 is 0 Å². The monoisotopic (exact) mass is 441 g/mol. The van der Waals surface area contributed by atoms with Crippen molar-refractivity contribution in [3.8, 4) is 16.3 Å². The van der Waals surface area contributed by atoms with Crippen LogP contribution in [0, 0.1) is 0 Å². The number of phenols is 1. The lowest BCUT2D eigenvalue weighted by Crippen LogP contribution is -2.17. The topological polar surface area (TPSA) is 92.9 Å². The summed E-state index contributed by atoms with van der Waals surface area (Å²) in [5.74, 6) is 0.347. The first kappa shape index (κ1) is 19.9. The van der Waals surface area contributed by atoms with Crippen LogP contribution >= 0.6 is 11.3 Å². The van der Waals surface area contributed by atoms with E-state index < -0.39 is 0 Å². The second-order valence-corrected chi connectivity index (χ2v) is 8.04. The van der Waals surface area contributed by atoms with E-state index in [0.717, 1.165) is 22.3 Å². The number of rotatable bonds is 6. The second kappa shape index (κ2) is 8.60. The third-order valence-corrected chi connectivity index (χ3v) is 5.94. The van der Waals surface area contributed by atoms with Gasteiger partial charge < -0.3 is 9.67 Å². The number of imidazole rings is 1. The molecule has 3 aromatic heterocycles. The van der Waals surface area contributed by atoms with E-state index in [-0.39, 0.29) is 11.7 Å². The van der Waals surface area contributed by atoms with Crippen LogP contribution in [0.4, 0.5) is 5.95 Å². The number of carbonyl (C=O) groups is 1. The average Bonchev–Trinajstić information content (AvgIpc) is 3.44. The fourth-order valence-corrected chi connectivity index (χ4v) is 4.26. The number of hydrogen-bond donors (Lipinski definition) is 2. The Balaban J connectivity index is 1.40. The minimum atomic E-state index is -0.319. The van der Waals surface area contributed by atoms with Gasteiger partial charge in [-0.1, -0.05) is 18.2 Å². The summed E-state index contributed by atoms with van der Waals surface area (Å²) < 4.78 is 2.00. The molecule has 0 saturated carbocycles. The molecule has 0 aliphatic rings. The SMILES string of the molecule is O=C(Nc1nc2ccccc2n1CCc1ccccn1)c1csc(-c2ccc(O)cc2)n1. The summed E-state index contributed by atoms with van der Waals surface area (Å²) in [6.07, 6.45) is 2.49. The molecule has 0 spiro atoms. The zero-order chi connectivity index (χ0) is 21.9. The van der Waals surface area contributed by atoms with Gasteiger partial charge >= 0.3 is 0 Å². The Labute approximate surface area is 188 Å². The molecule has 0 aliphatic heterocycles. The summed E-state index contributed by atoms with van der Waals surface area (Å²) in [5, 5.41) is 14.8. The number of carbonyl (C=O) groups excluding carboxylic acids is 1. The quantitative estimate of drug-likeness (QED) is 0.396. The lowest BCUT2D eigenvalue weighted by atomic mass is 10.2. The molecular weight excluding hydrogens is 422 g/mol. The number of thiazole rings is 1. The molecule has 0 unspecified atom stereocenters. The van der Waals surface area contributed by atoms with E-state index in [1.54, 1.807) is 35.8 Å². The maximum absolute atomic E-state index is 12.9. The molecule has 0 fully saturated rings. The molecule has 5 aromatic rings. The van der Waals surface area contributed by atoms with E-state index in [1.807, 2.05) is 47.0 Å². The maximum Gasteiger partial charge on any atom is 0.277 e. The van der Waals surface area contributed by atoms with Crippen molar-refractivity contribution in [1.29, 1.82) is 0 Å². The molecule has 0 saturated heterocycles. The van der Waals surface area contributed by atoms with E-state index in [2.05, 4.69) is 20.3 Å². The second-order valence-electron chi connectivity index (χ2n) is 7.19. The molecule has 32 heavy (non-hydrogen) atoms. The van der Waals surface area contributed by atoms with Crippen LogP contribution in [0.2, 0.25) is 0 Å². The van der Waals surface area contributed by atoms with Gasteiger partial charge in [0, 0.05) is 35.8 Å². The van der Waals surface area contributed by atoms with Crippen molar-refractivity contribution >= 4 is 34.2 Å². The van der Waals surface area contributed by atoms with Gasteiger partial charge in [-0.2, -0.15) is 0 Å². The van der Waals surface area contributed by atoms with Crippen LogP contribution in [-0.4, -0.2) is 30.5 Å². The summed E-state index contributed by atoms with van der Waals surface area (Å²) in [5.41, 5.74) is 3.89. The highest BCUT2D eigenvalue weighted by atomic mass is 32.1. The predicted octanol–water partition coefficient (Wildman–Crippen LogP) is 4.76. The largest absolute Gasteiger partial charge is 0.508 e. The van der Waals surface area contributed by atoms with Gasteiger partial charge in [-0.05, 0) is 48.5 Å². The average molecular weight is 442 g/mol. The van der Waals surface area contributed by atoms with Crippen LogP contribution < -0.4 is 5.32 Å². The summed E-state index contributed by atoms with van der Waals surface area (Å²) >= 11 is 1.38. The zero-order valence-electron chi connectivity index (χ0n) is 17.0. The Morgan fingerprint density at radius 1 is 1.00 bits per heavy atom. The van der Waals surface area contributed by atoms with Crippen molar-refractivity contribution in [3.63, 3.8) is 0 Å². The van der Waals surface area contributed by atoms with Gasteiger partial charge in [0.05, 0.1) is 11.0 Å². The highest BCUT2D eigenvalue weighted by Crippen LogP contribution is 2.26. The van der Waals surface area contributed by atoms with E-state index in [1.165, 1.54) is 11.3 Å². The molecule has 0 bridgehead atoms. The van der Waals surface area contributed by atoms with Gasteiger partial charge in [0.2, 0.25) is 5.95 Å². The van der Waals surface area contributed by atoms with Crippen LogP contribution in [0.3, 0.4) is 0 Å². The van der Waals surface area contributed by atoms with Crippen LogP contribution in [0.25, 0.3) is 21.6 Å². The number of fused-ring (bicyclic) bond motifs is 1. The molecule has 0 atom stereocenters. The lowest BCUT2D eigenvalue weighted by Gasteiger charge is -2.09.